The molecule has 0 atom stereocenters. The van der Waals surface area contributed by atoms with Crippen LogP contribution in [-0.2, 0) is 19.8 Å². The fraction of sp³-hybridized carbons (Fsp3) is 0.667. The van der Waals surface area contributed by atoms with Gasteiger partial charge in [0.25, 0.3) is 10.2 Å². The van der Waals surface area contributed by atoms with Gasteiger partial charge in [0, 0.05) is 6.54 Å². The average molecular weight is 221 g/mol. The molecule has 1 rings (SSSR count). The van der Waals surface area contributed by atoms with Gasteiger partial charge in [-0.1, -0.05) is 6.92 Å². The number of piperazine rings is 1. The molecule has 1 heterocycles. The maximum absolute atomic E-state index is 11.4. The molecule has 0 radical (unpaired) electrons. The van der Waals surface area contributed by atoms with Crippen LogP contribution < -0.4 is 10.0 Å². The van der Waals surface area contributed by atoms with E-state index in [1.807, 2.05) is 5.32 Å². The molecule has 2 amide bonds. The third-order valence-electron chi connectivity index (χ3n) is 1.59. The minimum absolute atomic E-state index is 0.217. The first-order chi connectivity index (χ1) is 6.45. The summed E-state index contributed by atoms with van der Waals surface area (Å²) in [7, 11) is -3.70. The summed E-state index contributed by atoms with van der Waals surface area (Å²) in [6, 6.07) is 0. The van der Waals surface area contributed by atoms with Crippen LogP contribution in [0.5, 0.6) is 0 Å². The van der Waals surface area contributed by atoms with Gasteiger partial charge in [-0.15, -0.1) is 0 Å². The quantitative estimate of drug-likeness (QED) is 0.529. The van der Waals surface area contributed by atoms with Crippen molar-refractivity contribution in [3.05, 3.63) is 0 Å². The van der Waals surface area contributed by atoms with Crippen molar-refractivity contribution in [2.75, 3.05) is 19.6 Å². The molecule has 80 valence electrons. The Morgan fingerprint density at radius 3 is 2.29 bits per heavy atom. The smallest absolute Gasteiger partial charge is 0.280 e. The van der Waals surface area contributed by atoms with Crippen LogP contribution in [0.15, 0.2) is 0 Å². The van der Waals surface area contributed by atoms with E-state index < -0.39 is 22.0 Å². The van der Waals surface area contributed by atoms with Crippen molar-refractivity contribution in [2.24, 2.45) is 0 Å². The molecular weight excluding hydrogens is 210 g/mol. The van der Waals surface area contributed by atoms with Gasteiger partial charge in [0.05, 0.1) is 13.1 Å². The topological polar surface area (TPSA) is 95.6 Å². The van der Waals surface area contributed by atoms with Crippen molar-refractivity contribution >= 4 is 22.0 Å². The van der Waals surface area contributed by atoms with Crippen molar-refractivity contribution in [3.63, 3.8) is 0 Å². The van der Waals surface area contributed by atoms with E-state index in [1.54, 1.807) is 6.92 Å². The Morgan fingerprint density at radius 2 is 1.86 bits per heavy atom. The lowest BCUT2D eigenvalue weighted by molar-refractivity contribution is -0.134. The monoisotopic (exact) mass is 221 g/mol. The molecule has 0 aliphatic carbocycles. The fourth-order valence-electron chi connectivity index (χ4n) is 1.05. The van der Waals surface area contributed by atoms with Crippen molar-refractivity contribution in [1.29, 1.82) is 0 Å². The standard InChI is InChI=1S/C6H11N3O4S/c1-2-7-14(12,13)9-3-5(10)8-6(11)4-9/h7H,2-4H2,1H3,(H,8,10,11). The van der Waals surface area contributed by atoms with Crippen LogP contribution in [0.3, 0.4) is 0 Å². The summed E-state index contributed by atoms with van der Waals surface area (Å²) in [4.78, 5) is 21.7. The van der Waals surface area contributed by atoms with Crippen molar-refractivity contribution in [2.45, 2.75) is 6.92 Å². The second-order valence-corrected chi connectivity index (χ2v) is 4.50. The van der Waals surface area contributed by atoms with Crippen LogP contribution in [-0.4, -0.2) is 44.2 Å². The summed E-state index contributed by atoms with van der Waals surface area (Å²) in [5.74, 6) is -1.22. The summed E-state index contributed by atoms with van der Waals surface area (Å²) in [6.45, 7) is 1.19. The Kier molecular flexibility index (Phi) is 3.19. The number of nitrogens with zero attached hydrogens (tertiary/aromatic N) is 1. The predicted octanol–water partition coefficient (Wildman–Crippen LogP) is -2.20. The Hall–Kier alpha value is -0.990. The lowest BCUT2D eigenvalue weighted by Gasteiger charge is -2.24. The Morgan fingerprint density at radius 1 is 1.36 bits per heavy atom. The summed E-state index contributed by atoms with van der Waals surface area (Å²) < 4.78 is 25.7. The highest BCUT2D eigenvalue weighted by molar-refractivity contribution is 7.87. The number of hydrogen-bond donors (Lipinski definition) is 2. The summed E-state index contributed by atoms with van der Waals surface area (Å²) in [5, 5.41) is 2.01. The molecule has 0 aromatic rings. The molecule has 8 heteroatoms. The lowest BCUT2D eigenvalue weighted by Crippen LogP contribution is -2.55. The van der Waals surface area contributed by atoms with Crippen LogP contribution >= 0.6 is 0 Å². The highest BCUT2D eigenvalue weighted by Crippen LogP contribution is 2.00. The van der Waals surface area contributed by atoms with Gasteiger partial charge in [0.15, 0.2) is 0 Å². The van der Waals surface area contributed by atoms with Crippen molar-refractivity contribution < 1.29 is 18.0 Å². The van der Waals surface area contributed by atoms with E-state index in [9.17, 15) is 18.0 Å². The highest BCUT2D eigenvalue weighted by atomic mass is 32.2. The zero-order valence-corrected chi connectivity index (χ0v) is 8.43. The van der Waals surface area contributed by atoms with E-state index in [1.165, 1.54) is 0 Å². The van der Waals surface area contributed by atoms with Crippen LogP contribution in [0.25, 0.3) is 0 Å². The number of rotatable bonds is 3. The summed E-state index contributed by atoms with van der Waals surface area (Å²) >= 11 is 0. The molecule has 14 heavy (non-hydrogen) atoms. The first-order valence-electron chi connectivity index (χ1n) is 4.03. The number of imide groups is 1. The van der Waals surface area contributed by atoms with Gasteiger partial charge in [-0.3, -0.25) is 14.9 Å². The third kappa shape index (κ3) is 2.50. The Bertz CT molecular complexity index is 334. The molecule has 7 nitrogen and oxygen atoms in total. The number of amides is 2. The zero-order valence-electron chi connectivity index (χ0n) is 7.61. The van der Waals surface area contributed by atoms with E-state index >= 15 is 0 Å². The normalized spacial score (nSPS) is 19.5. The second kappa shape index (κ2) is 4.03. The SMILES string of the molecule is CCNS(=O)(=O)N1CC(=O)NC(=O)C1. The fourth-order valence-corrected chi connectivity index (χ4v) is 2.18. The first-order valence-corrected chi connectivity index (χ1v) is 5.47. The van der Waals surface area contributed by atoms with E-state index in [0.717, 1.165) is 4.31 Å². The molecule has 1 saturated heterocycles. The second-order valence-electron chi connectivity index (χ2n) is 2.74. The molecule has 2 N–H and O–H groups in total. The van der Waals surface area contributed by atoms with Gasteiger partial charge in [-0.05, 0) is 0 Å². The van der Waals surface area contributed by atoms with Crippen LogP contribution in [0.2, 0.25) is 0 Å². The Balaban J connectivity index is 2.78. The first kappa shape index (κ1) is 11.1. The number of carbonyl (C=O) groups excluding carboxylic acids is 2. The maximum Gasteiger partial charge on any atom is 0.280 e. The molecule has 1 aliphatic rings. The number of carbonyl (C=O) groups is 2. The van der Waals surface area contributed by atoms with Gasteiger partial charge >= 0.3 is 0 Å². The van der Waals surface area contributed by atoms with Gasteiger partial charge in [-0.2, -0.15) is 12.7 Å². The van der Waals surface area contributed by atoms with E-state index in [4.69, 9.17) is 0 Å². The average Bonchev–Trinajstić information content (AvgIpc) is 2.02. The predicted molar refractivity (Wildman–Crippen MR) is 47.3 cm³/mol. The van der Waals surface area contributed by atoms with E-state index in [2.05, 4.69) is 4.72 Å². The van der Waals surface area contributed by atoms with Crippen LogP contribution in [0.4, 0.5) is 0 Å². The number of nitrogens with one attached hydrogen (secondary N) is 2. The zero-order chi connectivity index (χ0) is 10.8. The molecule has 0 aromatic heterocycles. The maximum atomic E-state index is 11.4. The van der Waals surface area contributed by atoms with E-state index in [-0.39, 0.29) is 19.6 Å². The largest absolute Gasteiger partial charge is 0.294 e. The summed E-state index contributed by atoms with van der Waals surface area (Å²) in [6.07, 6.45) is 0. The third-order valence-corrected chi connectivity index (χ3v) is 3.18. The molecule has 1 fully saturated rings. The molecule has 0 aromatic carbocycles. The molecule has 0 spiro atoms. The van der Waals surface area contributed by atoms with Crippen LogP contribution in [0, 0.1) is 0 Å². The molecule has 1 aliphatic heterocycles. The van der Waals surface area contributed by atoms with E-state index in [0.29, 0.717) is 0 Å². The van der Waals surface area contributed by atoms with Crippen LogP contribution in [0.1, 0.15) is 6.92 Å². The van der Waals surface area contributed by atoms with Crippen molar-refractivity contribution in [1.82, 2.24) is 14.3 Å². The minimum atomic E-state index is -3.70. The molecule has 0 bridgehead atoms. The van der Waals surface area contributed by atoms with Gasteiger partial charge in [0.2, 0.25) is 11.8 Å². The molecule has 0 saturated carbocycles. The molecule has 0 unspecified atom stereocenters. The van der Waals surface area contributed by atoms with Gasteiger partial charge < -0.3 is 0 Å². The minimum Gasteiger partial charge on any atom is -0.294 e. The Labute approximate surface area is 81.6 Å². The number of hydrogen-bond acceptors (Lipinski definition) is 4. The lowest BCUT2D eigenvalue weighted by atomic mass is 10.4. The van der Waals surface area contributed by atoms with Gasteiger partial charge in [-0.25, -0.2) is 4.72 Å². The van der Waals surface area contributed by atoms with Gasteiger partial charge in [0.1, 0.15) is 0 Å². The summed E-state index contributed by atoms with van der Waals surface area (Å²) in [5.41, 5.74) is 0. The van der Waals surface area contributed by atoms with Crippen molar-refractivity contribution in [3.8, 4) is 0 Å². The molecular formula is C6H11N3O4S. The highest BCUT2D eigenvalue weighted by Gasteiger charge is 2.30.